The van der Waals surface area contributed by atoms with E-state index in [0.29, 0.717) is 30.7 Å². The quantitative estimate of drug-likeness (QED) is 0.687. The zero-order chi connectivity index (χ0) is 13.4. The van der Waals surface area contributed by atoms with Crippen molar-refractivity contribution in [2.24, 2.45) is 23.5 Å². The summed E-state index contributed by atoms with van der Waals surface area (Å²) in [5.74, 6) is 1.69. The number of carbonyl (C=O) groups excluding carboxylic acids is 1. The van der Waals surface area contributed by atoms with Crippen molar-refractivity contribution < 1.29 is 4.79 Å². The zero-order valence-electron chi connectivity index (χ0n) is 12.1. The van der Waals surface area contributed by atoms with Crippen molar-refractivity contribution in [3.05, 3.63) is 0 Å². The molecule has 0 aliphatic heterocycles. The Balaban J connectivity index is 3.97. The van der Waals surface area contributed by atoms with Crippen molar-refractivity contribution in [2.75, 3.05) is 6.54 Å². The van der Waals surface area contributed by atoms with E-state index in [4.69, 9.17) is 5.73 Å². The lowest BCUT2D eigenvalue weighted by atomic mass is 9.94. The highest BCUT2D eigenvalue weighted by Crippen LogP contribution is 2.14. The van der Waals surface area contributed by atoms with Crippen molar-refractivity contribution in [3.63, 3.8) is 0 Å². The molecule has 0 saturated heterocycles. The van der Waals surface area contributed by atoms with Crippen LogP contribution in [0.5, 0.6) is 0 Å². The Hall–Kier alpha value is -0.570. The molecular formula is C14H30N2O. The molecule has 0 rings (SSSR count). The van der Waals surface area contributed by atoms with Crippen LogP contribution in [0.3, 0.4) is 0 Å². The van der Waals surface area contributed by atoms with E-state index in [9.17, 15) is 4.79 Å². The fourth-order valence-corrected chi connectivity index (χ4v) is 2.29. The van der Waals surface area contributed by atoms with Crippen LogP contribution in [0.25, 0.3) is 0 Å². The maximum Gasteiger partial charge on any atom is 0.220 e. The molecule has 2 atom stereocenters. The Bertz CT molecular complexity index is 214. The second-order valence-corrected chi connectivity index (χ2v) is 6.03. The first-order valence-electron chi connectivity index (χ1n) is 6.84. The summed E-state index contributed by atoms with van der Waals surface area (Å²) in [4.78, 5) is 11.8. The third-order valence-corrected chi connectivity index (χ3v) is 2.84. The molecule has 0 saturated carbocycles. The number of hydrogen-bond donors (Lipinski definition) is 2. The number of nitrogens with one attached hydrogen (secondary N) is 1. The van der Waals surface area contributed by atoms with Crippen molar-refractivity contribution in [2.45, 2.75) is 59.9 Å². The summed E-state index contributed by atoms with van der Waals surface area (Å²) in [6.07, 6.45) is 2.63. The van der Waals surface area contributed by atoms with Crippen LogP contribution in [-0.2, 0) is 4.79 Å². The van der Waals surface area contributed by atoms with Crippen LogP contribution < -0.4 is 11.1 Å². The molecule has 0 radical (unpaired) electrons. The Morgan fingerprint density at radius 3 is 2.00 bits per heavy atom. The maximum atomic E-state index is 11.8. The van der Waals surface area contributed by atoms with Crippen LogP contribution in [0.15, 0.2) is 0 Å². The fraction of sp³-hybridized carbons (Fsp3) is 0.929. The lowest BCUT2D eigenvalue weighted by Crippen LogP contribution is -2.35. The molecule has 102 valence electrons. The minimum Gasteiger partial charge on any atom is -0.354 e. The average molecular weight is 242 g/mol. The van der Waals surface area contributed by atoms with Crippen LogP contribution in [0.1, 0.15) is 53.9 Å². The molecule has 0 heterocycles. The summed E-state index contributed by atoms with van der Waals surface area (Å²) >= 11 is 0. The molecular weight excluding hydrogens is 212 g/mol. The van der Waals surface area contributed by atoms with E-state index in [1.54, 1.807) is 0 Å². The van der Waals surface area contributed by atoms with Crippen LogP contribution in [-0.4, -0.2) is 18.5 Å². The second kappa shape index (κ2) is 8.51. The normalized spacial score (nSPS) is 15.1. The van der Waals surface area contributed by atoms with Gasteiger partial charge in [-0.1, -0.05) is 27.7 Å². The van der Waals surface area contributed by atoms with Crippen LogP contribution >= 0.6 is 0 Å². The number of nitrogens with two attached hydrogens (primary N) is 1. The van der Waals surface area contributed by atoms with Gasteiger partial charge in [0.15, 0.2) is 0 Å². The van der Waals surface area contributed by atoms with Crippen LogP contribution in [0, 0.1) is 17.8 Å². The summed E-state index contributed by atoms with van der Waals surface area (Å²) in [6.45, 7) is 11.3. The number of amides is 1. The Kier molecular flexibility index (Phi) is 8.23. The highest BCUT2D eigenvalue weighted by molar-refractivity contribution is 5.76. The third kappa shape index (κ3) is 9.16. The first-order valence-corrected chi connectivity index (χ1v) is 6.84. The molecule has 3 heteroatoms. The Labute approximate surface area is 107 Å². The molecule has 1 unspecified atom stereocenters. The molecule has 0 aliphatic rings. The lowest BCUT2D eigenvalue weighted by Gasteiger charge is -2.20. The van der Waals surface area contributed by atoms with Gasteiger partial charge in [-0.25, -0.2) is 0 Å². The van der Waals surface area contributed by atoms with Gasteiger partial charge in [0, 0.05) is 12.5 Å². The Morgan fingerprint density at radius 2 is 1.59 bits per heavy atom. The highest BCUT2D eigenvalue weighted by Gasteiger charge is 2.15. The topological polar surface area (TPSA) is 55.1 Å². The fourth-order valence-electron chi connectivity index (χ4n) is 2.29. The number of hydrogen-bond acceptors (Lipinski definition) is 2. The van der Waals surface area contributed by atoms with Crippen LogP contribution in [0.2, 0.25) is 0 Å². The molecule has 0 aromatic rings. The molecule has 0 bridgehead atoms. The summed E-state index contributed by atoms with van der Waals surface area (Å²) in [5, 5.41) is 3.05. The standard InChI is InChI=1S/C14H30N2O/c1-10(2)6-12(5)16-14(17)8-13(9-15)7-11(3)4/h10-13H,6-9,15H2,1-5H3,(H,16,17)/t12?,13-/m0/s1. The molecule has 17 heavy (non-hydrogen) atoms. The van der Waals surface area contributed by atoms with Gasteiger partial charge in [0.25, 0.3) is 0 Å². The monoisotopic (exact) mass is 242 g/mol. The smallest absolute Gasteiger partial charge is 0.220 e. The highest BCUT2D eigenvalue weighted by atomic mass is 16.1. The average Bonchev–Trinajstić information content (AvgIpc) is 2.13. The summed E-state index contributed by atoms with van der Waals surface area (Å²) < 4.78 is 0. The Morgan fingerprint density at radius 1 is 1.06 bits per heavy atom. The van der Waals surface area contributed by atoms with Gasteiger partial charge in [0.05, 0.1) is 0 Å². The third-order valence-electron chi connectivity index (χ3n) is 2.84. The van der Waals surface area contributed by atoms with Crippen molar-refractivity contribution >= 4 is 5.91 Å². The van der Waals surface area contributed by atoms with E-state index in [2.05, 4.69) is 39.9 Å². The van der Waals surface area contributed by atoms with E-state index in [1.165, 1.54) is 0 Å². The predicted octanol–water partition coefficient (Wildman–Crippen LogP) is 2.55. The van der Waals surface area contributed by atoms with E-state index in [-0.39, 0.29) is 11.9 Å². The predicted molar refractivity (Wildman–Crippen MR) is 73.7 cm³/mol. The maximum absolute atomic E-state index is 11.8. The van der Waals surface area contributed by atoms with E-state index < -0.39 is 0 Å². The summed E-state index contributed by atoms with van der Waals surface area (Å²) in [6, 6.07) is 0.264. The van der Waals surface area contributed by atoms with Gasteiger partial charge >= 0.3 is 0 Å². The van der Waals surface area contributed by atoms with Gasteiger partial charge in [-0.2, -0.15) is 0 Å². The van der Waals surface area contributed by atoms with Gasteiger partial charge in [0.2, 0.25) is 5.91 Å². The van der Waals surface area contributed by atoms with Gasteiger partial charge in [-0.3, -0.25) is 4.79 Å². The molecule has 0 spiro atoms. The molecule has 0 fully saturated rings. The molecule has 1 amide bonds. The van der Waals surface area contributed by atoms with Gasteiger partial charge in [-0.15, -0.1) is 0 Å². The SMILES string of the molecule is CC(C)CC(C)NC(=O)C[C@@H](CN)CC(C)C. The molecule has 3 N–H and O–H groups in total. The van der Waals surface area contributed by atoms with E-state index in [0.717, 1.165) is 12.8 Å². The first-order chi connectivity index (χ1) is 7.85. The van der Waals surface area contributed by atoms with Crippen molar-refractivity contribution in [1.82, 2.24) is 5.32 Å². The lowest BCUT2D eigenvalue weighted by molar-refractivity contribution is -0.122. The molecule has 0 aliphatic carbocycles. The van der Waals surface area contributed by atoms with E-state index in [1.807, 2.05) is 0 Å². The second-order valence-electron chi connectivity index (χ2n) is 6.03. The largest absolute Gasteiger partial charge is 0.354 e. The number of carbonyl (C=O) groups is 1. The summed E-state index contributed by atoms with van der Waals surface area (Å²) in [7, 11) is 0. The molecule has 0 aromatic heterocycles. The molecule has 3 nitrogen and oxygen atoms in total. The van der Waals surface area contributed by atoms with Gasteiger partial charge < -0.3 is 11.1 Å². The van der Waals surface area contributed by atoms with E-state index >= 15 is 0 Å². The minimum absolute atomic E-state index is 0.147. The zero-order valence-corrected chi connectivity index (χ0v) is 12.1. The number of rotatable bonds is 8. The van der Waals surface area contributed by atoms with Crippen LogP contribution in [0.4, 0.5) is 0 Å². The first kappa shape index (κ1) is 16.4. The van der Waals surface area contributed by atoms with Gasteiger partial charge in [0.1, 0.15) is 0 Å². The summed E-state index contributed by atoms with van der Waals surface area (Å²) in [5.41, 5.74) is 5.70. The van der Waals surface area contributed by atoms with Gasteiger partial charge in [-0.05, 0) is 44.1 Å². The minimum atomic E-state index is 0.147. The van der Waals surface area contributed by atoms with Crippen molar-refractivity contribution in [3.8, 4) is 0 Å². The van der Waals surface area contributed by atoms with Crippen molar-refractivity contribution in [1.29, 1.82) is 0 Å². The molecule has 0 aromatic carbocycles.